The molecule has 1 aliphatic heterocycles. The van der Waals surface area contributed by atoms with Gasteiger partial charge < -0.3 is 20.6 Å². The fourth-order valence-corrected chi connectivity index (χ4v) is 3.36. The first-order chi connectivity index (χ1) is 9.90. The van der Waals surface area contributed by atoms with Crippen LogP contribution in [0.5, 0.6) is 0 Å². The zero-order valence-electron chi connectivity index (χ0n) is 12.3. The zero-order chi connectivity index (χ0) is 15.6. The maximum absolute atomic E-state index is 12.6. The maximum atomic E-state index is 12.6. The molecule has 0 radical (unpaired) electrons. The highest BCUT2D eigenvalue weighted by atomic mass is 16.4. The van der Waals surface area contributed by atoms with Crippen molar-refractivity contribution in [1.29, 1.82) is 0 Å². The first-order valence-corrected chi connectivity index (χ1v) is 7.46. The highest BCUT2D eigenvalue weighted by Crippen LogP contribution is 2.28. The Balaban J connectivity index is 2.07. The van der Waals surface area contributed by atoms with E-state index in [1.807, 2.05) is 6.92 Å². The zero-order valence-corrected chi connectivity index (χ0v) is 12.3. The van der Waals surface area contributed by atoms with E-state index in [4.69, 9.17) is 10.8 Å². The molecule has 1 saturated carbocycles. The van der Waals surface area contributed by atoms with E-state index in [9.17, 15) is 14.4 Å². The summed E-state index contributed by atoms with van der Waals surface area (Å²) in [6, 6.07) is -0.208. The molecule has 21 heavy (non-hydrogen) atoms. The predicted molar refractivity (Wildman–Crippen MR) is 75.4 cm³/mol. The lowest BCUT2D eigenvalue weighted by Crippen LogP contribution is -2.50. The number of amides is 3. The fourth-order valence-electron chi connectivity index (χ4n) is 3.36. The average Bonchev–Trinajstić information content (AvgIpc) is 3.03. The Morgan fingerprint density at radius 2 is 1.86 bits per heavy atom. The quantitative estimate of drug-likeness (QED) is 0.788. The van der Waals surface area contributed by atoms with Crippen molar-refractivity contribution in [2.24, 2.45) is 17.6 Å². The van der Waals surface area contributed by atoms with Gasteiger partial charge in [0.1, 0.15) is 6.54 Å². The molecule has 118 valence electrons. The number of nitrogens with two attached hydrogens (primary N) is 1. The minimum absolute atomic E-state index is 0.0455. The highest BCUT2D eigenvalue weighted by molar-refractivity contribution is 5.84. The molecule has 1 heterocycles. The van der Waals surface area contributed by atoms with Gasteiger partial charge in [-0.2, -0.15) is 0 Å². The van der Waals surface area contributed by atoms with Gasteiger partial charge in [0.15, 0.2) is 0 Å². The summed E-state index contributed by atoms with van der Waals surface area (Å²) in [6.45, 7) is 2.36. The van der Waals surface area contributed by atoms with Crippen LogP contribution in [0.2, 0.25) is 0 Å². The number of likely N-dealkylation sites (tertiary alicyclic amines) is 1. The molecule has 0 bridgehead atoms. The Labute approximate surface area is 124 Å². The molecule has 1 saturated heterocycles. The Hall–Kier alpha value is -1.79. The summed E-state index contributed by atoms with van der Waals surface area (Å²) in [5.41, 5.74) is 5.25. The number of carbonyl (C=O) groups is 3. The number of hydrogen-bond donors (Lipinski definition) is 2. The van der Waals surface area contributed by atoms with E-state index in [0.29, 0.717) is 6.54 Å². The molecule has 2 fully saturated rings. The van der Waals surface area contributed by atoms with Crippen LogP contribution in [-0.4, -0.2) is 58.5 Å². The lowest BCUT2D eigenvalue weighted by Gasteiger charge is -2.32. The number of primary amides is 1. The normalized spacial score (nSPS) is 26.0. The lowest BCUT2D eigenvalue weighted by molar-refractivity contribution is -0.142. The third-order valence-electron chi connectivity index (χ3n) is 4.54. The molecule has 2 unspecified atom stereocenters. The summed E-state index contributed by atoms with van der Waals surface area (Å²) in [5, 5.41) is 9.15. The van der Waals surface area contributed by atoms with Crippen LogP contribution in [0.3, 0.4) is 0 Å². The molecular formula is C14H23N3O4. The van der Waals surface area contributed by atoms with Crippen LogP contribution >= 0.6 is 0 Å². The van der Waals surface area contributed by atoms with Crippen molar-refractivity contribution >= 4 is 17.9 Å². The second kappa shape index (κ2) is 6.32. The van der Waals surface area contributed by atoms with E-state index in [0.717, 1.165) is 25.7 Å². The van der Waals surface area contributed by atoms with Crippen LogP contribution < -0.4 is 5.73 Å². The van der Waals surface area contributed by atoms with Gasteiger partial charge in [-0.15, -0.1) is 0 Å². The van der Waals surface area contributed by atoms with Crippen molar-refractivity contribution in [1.82, 2.24) is 9.80 Å². The highest BCUT2D eigenvalue weighted by Gasteiger charge is 2.40. The van der Waals surface area contributed by atoms with Gasteiger partial charge in [0.05, 0.1) is 5.92 Å². The number of hydrogen-bond acceptors (Lipinski definition) is 3. The van der Waals surface area contributed by atoms with E-state index in [1.54, 1.807) is 4.90 Å². The number of carboxylic acids is 1. The molecule has 0 aromatic rings. The summed E-state index contributed by atoms with van der Waals surface area (Å²) in [4.78, 5) is 38.1. The predicted octanol–water partition coefficient (Wildman–Crippen LogP) is 0.489. The average molecular weight is 297 g/mol. The standard InChI is InChI=1S/C14H23N3O4/c1-9-6-16(7-11(9)13(19)20)14(21)17(8-12(15)18)10-4-2-3-5-10/h9-11H,2-8H2,1H3,(H2,15,18)(H,19,20). The van der Waals surface area contributed by atoms with Crippen molar-refractivity contribution in [3.63, 3.8) is 0 Å². The fraction of sp³-hybridized carbons (Fsp3) is 0.786. The summed E-state index contributed by atoms with van der Waals surface area (Å²) in [5.74, 6) is -2.02. The number of aliphatic carboxylic acids is 1. The Kier molecular flexibility index (Phi) is 4.69. The molecule has 0 spiro atoms. The van der Waals surface area contributed by atoms with Crippen LogP contribution in [0.1, 0.15) is 32.6 Å². The molecule has 2 rings (SSSR count). The maximum Gasteiger partial charge on any atom is 0.320 e. The molecule has 0 aromatic carbocycles. The number of carboxylic acid groups (broad SMARTS) is 1. The van der Waals surface area contributed by atoms with Crippen LogP contribution in [0, 0.1) is 11.8 Å². The van der Waals surface area contributed by atoms with Crippen molar-refractivity contribution in [3.05, 3.63) is 0 Å². The topological polar surface area (TPSA) is 104 Å². The Morgan fingerprint density at radius 3 is 2.33 bits per heavy atom. The van der Waals surface area contributed by atoms with Gasteiger partial charge in [-0.1, -0.05) is 19.8 Å². The van der Waals surface area contributed by atoms with Crippen LogP contribution in [0.4, 0.5) is 4.79 Å². The molecule has 1 aliphatic carbocycles. The van der Waals surface area contributed by atoms with E-state index in [2.05, 4.69) is 0 Å². The van der Waals surface area contributed by atoms with E-state index in [1.165, 1.54) is 4.90 Å². The number of nitrogens with zero attached hydrogens (tertiary/aromatic N) is 2. The van der Waals surface area contributed by atoms with Gasteiger partial charge in [0.2, 0.25) is 5.91 Å². The van der Waals surface area contributed by atoms with Crippen molar-refractivity contribution in [2.45, 2.75) is 38.6 Å². The second-order valence-corrected chi connectivity index (χ2v) is 6.14. The lowest BCUT2D eigenvalue weighted by atomic mass is 9.99. The van der Waals surface area contributed by atoms with E-state index >= 15 is 0 Å². The third kappa shape index (κ3) is 3.46. The van der Waals surface area contributed by atoms with Crippen molar-refractivity contribution in [2.75, 3.05) is 19.6 Å². The number of rotatable bonds is 4. The van der Waals surface area contributed by atoms with Gasteiger partial charge >= 0.3 is 12.0 Å². The minimum atomic E-state index is -0.875. The molecule has 3 amide bonds. The smallest absolute Gasteiger partial charge is 0.320 e. The molecule has 0 aromatic heterocycles. The largest absolute Gasteiger partial charge is 0.481 e. The molecule has 7 heteroatoms. The van der Waals surface area contributed by atoms with E-state index < -0.39 is 17.8 Å². The van der Waals surface area contributed by atoms with E-state index in [-0.39, 0.29) is 31.1 Å². The molecule has 3 N–H and O–H groups in total. The Bertz CT molecular complexity index is 434. The summed E-state index contributed by atoms with van der Waals surface area (Å²) >= 11 is 0. The van der Waals surface area contributed by atoms with Crippen molar-refractivity contribution < 1.29 is 19.5 Å². The van der Waals surface area contributed by atoms with Gasteiger partial charge in [0.25, 0.3) is 0 Å². The monoisotopic (exact) mass is 297 g/mol. The molecule has 7 nitrogen and oxygen atoms in total. The summed E-state index contributed by atoms with van der Waals surface area (Å²) in [7, 11) is 0. The Morgan fingerprint density at radius 1 is 1.24 bits per heavy atom. The first kappa shape index (κ1) is 15.6. The van der Waals surface area contributed by atoms with Crippen LogP contribution in [0.15, 0.2) is 0 Å². The van der Waals surface area contributed by atoms with Crippen LogP contribution in [-0.2, 0) is 9.59 Å². The van der Waals surface area contributed by atoms with Gasteiger partial charge in [-0.25, -0.2) is 4.79 Å². The number of urea groups is 1. The molecule has 2 atom stereocenters. The summed E-state index contributed by atoms with van der Waals surface area (Å²) < 4.78 is 0. The van der Waals surface area contributed by atoms with Crippen molar-refractivity contribution in [3.8, 4) is 0 Å². The van der Waals surface area contributed by atoms with Gasteiger partial charge in [-0.3, -0.25) is 9.59 Å². The summed E-state index contributed by atoms with van der Waals surface area (Å²) in [6.07, 6.45) is 3.85. The molecular weight excluding hydrogens is 274 g/mol. The van der Waals surface area contributed by atoms with Gasteiger partial charge in [0, 0.05) is 19.1 Å². The van der Waals surface area contributed by atoms with Gasteiger partial charge in [-0.05, 0) is 18.8 Å². The first-order valence-electron chi connectivity index (χ1n) is 7.46. The molecule has 2 aliphatic rings. The third-order valence-corrected chi connectivity index (χ3v) is 4.54. The number of carbonyl (C=O) groups excluding carboxylic acids is 2. The SMILES string of the molecule is CC1CN(C(=O)N(CC(N)=O)C2CCCC2)CC1C(=O)O. The second-order valence-electron chi connectivity index (χ2n) is 6.14. The minimum Gasteiger partial charge on any atom is -0.481 e. The van der Waals surface area contributed by atoms with Crippen LogP contribution in [0.25, 0.3) is 0 Å².